The maximum Gasteiger partial charge on any atom is 0.255 e. The molecule has 110 valence electrons. The van der Waals surface area contributed by atoms with Crippen molar-refractivity contribution in [3.63, 3.8) is 0 Å². The molecule has 6 heteroatoms. The van der Waals surface area contributed by atoms with Gasteiger partial charge in [-0.25, -0.2) is 8.42 Å². The summed E-state index contributed by atoms with van der Waals surface area (Å²) < 4.78 is 23.7. The van der Waals surface area contributed by atoms with Crippen molar-refractivity contribution >= 4 is 27.3 Å². The molecule has 2 rings (SSSR count). The van der Waals surface area contributed by atoms with E-state index in [1.165, 1.54) is 0 Å². The molecule has 0 saturated carbocycles. The summed E-state index contributed by atoms with van der Waals surface area (Å²) in [4.78, 5) is 14.0. The van der Waals surface area contributed by atoms with Crippen LogP contribution in [0.4, 0.5) is 0 Å². The van der Waals surface area contributed by atoms with Crippen molar-refractivity contribution in [1.82, 2.24) is 4.90 Å². The number of nitrogens with zero attached hydrogens (tertiary/aromatic N) is 1. The lowest BCUT2D eigenvalue weighted by atomic mass is 10.1. The van der Waals surface area contributed by atoms with Gasteiger partial charge in [-0.3, -0.25) is 4.79 Å². The number of amides is 1. The lowest BCUT2D eigenvalue weighted by Gasteiger charge is -2.20. The van der Waals surface area contributed by atoms with Gasteiger partial charge in [-0.2, -0.15) is 0 Å². The van der Waals surface area contributed by atoms with E-state index in [9.17, 15) is 13.2 Å². The highest BCUT2D eigenvalue weighted by Crippen LogP contribution is 2.21. The first-order chi connectivity index (χ1) is 9.31. The van der Waals surface area contributed by atoms with Crippen LogP contribution in [0.25, 0.3) is 0 Å². The molecule has 1 fully saturated rings. The Kier molecular flexibility index (Phi) is 4.39. The Morgan fingerprint density at radius 3 is 2.70 bits per heavy atom. The third-order valence-corrected chi connectivity index (χ3v) is 6.23. The van der Waals surface area contributed by atoms with Gasteiger partial charge in [-0.05, 0) is 38.0 Å². The molecule has 0 aromatic heterocycles. The van der Waals surface area contributed by atoms with Crippen molar-refractivity contribution in [2.45, 2.75) is 25.5 Å². The van der Waals surface area contributed by atoms with Crippen LogP contribution in [0.2, 0.25) is 5.02 Å². The van der Waals surface area contributed by atoms with E-state index in [-0.39, 0.29) is 18.2 Å². The van der Waals surface area contributed by atoms with Crippen LogP contribution in [-0.4, -0.2) is 43.3 Å². The predicted octanol–water partition coefficient (Wildman–Crippen LogP) is 2.30. The maximum absolute atomic E-state index is 12.4. The van der Waals surface area contributed by atoms with Crippen molar-refractivity contribution in [2.75, 3.05) is 18.8 Å². The van der Waals surface area contributed by atoms with Gasteiger partial charge in [-0.1, -0.05) is 17.7 Å². The van der Waals surface area contributed by atoms with Crippen molar-refractivity contribution in [3.05, 3.63) is 34.3 Å². The summed E-state index contributed by atoms with van der Waals surface area (Å²) in [6.45, 7) is 4.28. The Bertz CT molecular complexity index is 627. The fraction of sp³-hybridized carbons (Fsp3) is 0.500. The molecule has 1 unspecified atom stereocenters. The number of carbonyl (C=O) groups excluding carboxylic acids is 1. The van der Waals surface area contributed by atoms with Crippen LogP contribution in [0.15, 0.2) is 18.2 Å². The second-order valence-corrected chi connectivity index (χ2v) is 8.19. The van der Waals surface area contributed by atoms with Crippen LogP contribution in [0.3, 0.4) is 0 Å². The van der Waals surface area contributed by atoms with Gasteiger partial charge < -0.3 is 4.90 Å². The molecule has 1 heterocycles. The van der Waals surface area contributed by atoms with Crippen LogP contribution in [0.1, 0.15) is 29.3 Å². The molecule has 0 radical (unpaired) electrons. The number of rotatable bonds is 1. The van der Waals surface area contributed by atoms with Crippen LogP contribution in [0, 0.1) is 6.92 Å². The molecule has 4 nitrogen and oxygen atoms in total. The molecular formula is C14H18ClNO3S. The van der Waals surface area contributed by atoms with E-state index >= 15 is 0 Å². The standard InChI is InChI=1S/C14H18ClNO3S/c1-10-3-4-12(13(15)9-10)14(17)16-6-5-11(2)20(18,19)8-7-16/h3-4,9,11H,5-8H2,1-2H3. The number of carbonyl (C=O) groups is 1. The maximum atomic E-state index is 12.4. The lowest BCUT2D eigenvalue weighted by molar-refractivity contribution is 0.0767. The molecule has 0 spiro atoms. The van der Waals surface area contributed by atoms with E-state index in [2.05, 4.69) is 0 Å². The molecular weight excluding hydrogens is 298 g/mol. The second kappa shape index (κ2) is 5.74. The second-order valence-electron chi connectivity index (χ2n) is 5.24. The number of sulfone groups is 1. The smallest absolute Gasteiger partial charge is 0.255 e. The third kappa shape index (κ3) is 3.15. The molecule has 1 amide bonds. The highest BCUT2D eigenvalue weighted by Gasteiger charge is 2.29. The van der Waals surface area contributed by atoms with Gasteiger partial charge >= 0.3 is 0 Å². The third-order valence-electron chi connectivity index (χ3n) is 3.71. The molecule has 1 aliphatic heterocycles. The van der Waals surface area contributed by atoms with E-state index in [0.717, 1.165) is 5.56 Å². The van der Waals surface area contributed by atoms with Gasteiger partial charge in [-0.15, -0.1) is 0 Å². The molecule has 1 aromatic rings. The Labute approximate surface area is 124 Å². The van der Waals surface area contributed by atoms with Crippen LogP contribution in [0.5, 0.6) is 0 Å². The van der Waals surface area contributed by atoms with Crippen LogP contribution < -0.4 is 0 Å². The minimum Gasteiger partial charge on any atom is -0.338 e. The zero-order valence-electron chi connectivity index (χ0n) is 11.6. The SMILES string of the molecule is Cc1ccc(C(=O)N2CCC(C)S(=O)(=O)CC2)c(Cl)c1. The highest BCUT2D eigenvalue weighted by molar-refractivity contribution is 7.92. The zero-order chi connectivity index (χ0) is 14.9. The van der Waals surface area contributed by atoms with Crippen LogP contribution in [-0.2, 0) is 9.84 Å². The number of halogens is 1. The minimum absolute atomic E-state index is 0.0172. The summed E-state index contributed by atoms with van der Waals surface area (Å²) in [6, 6.07) is 5.27. The number of hydrogen-bond acceptors (Lipinski definition) is 3. The summed E-state index contributed by atoms with van der Waals surface area (Å²) in [7, 11) is -3.09. The van der Waals surface area contributed by atoms with Crippen molar-refractivity contribution in [3.8, 4) is 0 Å². The van der Waals surface area contributed by atoms with Gasteiger partial charge in [0.2, 0.25) is 0 Å². The fourth-order valence-corrected chi connectivity index (χ4v) is 3.89. The van der Waals surface area contributed by atoms with Crippen LogP contribution >= 0.6 is 11.6 Å². The van der Waals surface area contributed by atoms with Gasteiger partial charge in [0.25, 0.3) is 5.91 Å². The van der Waals surface area contributed by atoms with Crippen molar-refractivity contribution in [2.24, 2.45) is 0 Å². The van der Waals surface area contributed by atoms with Crippen molar-refractivity contribution in [1.29, 1.82) is 0 Å². The monoisotopic (exact) mass is 315 g/mol. The van der Waals surface area contributed by atoms with E-state index in [0.29, 0.717) is 23.6 Å². The quantitative estimate of drug-likeness (QED) is 0.799. The predicted molar refractivity (Wildman–Crippen MR) is 80.0 cm³/mol. The van der Waals surface area contributed by atoms with Crippen molar-refractivity contribution < 1.29 is 13.2 Å². The average Bonchev–Trinajstić information content (AvgIpc) is 2.49. The average molecular weight is 316 g/mol. The van der Waals surface area contributed by atoms with E-state index in [4.69, 9.17) is 11.6 Å². The van der Waals surface area contributed by atoms with E-state index < -0.39 is 15.1 Å². The highest BCUT2D eigenvalue weighted by atomic mass is 35.5. The normalized spacial score (nSPS) is 22.4. The molecule has 1 aliphatic rings. The molecule has 20 heavy (non-hydrogen) atoms. The zero-order valence-corrected chi connectivity index (χ0v) is 13.2. The largest absolute Gasteiger partial charge is 0.338 e. The number of benzene rings is 1. The summed E-state index contributed by atoms with van der Waals surface area (Å²) in [5.74, 6) is -0.178. The first-order valence-corrected chi connectivity index (χ1v) is 8.67. The van der Waals surface area contributed by atoms with Gasteiger partial charge in [0.05, 0.1) is 21.6 Å². The number of aryl methyl sites for hydroxylation is 1. The Balaban J connectivity index is 2.21. The Hall–Kier alpha value is -1.07. The Morgan fingerprint density at radius 2 is 2.05 bits per heavy atom. The first kappa shape index (κ1) is 15.3. The van der Waals surface area contributed by atoms with Gasteiger partial charge in [0.15, 0.2) is 9.84 Å². The first-order valence-electron chi connectivity index (χ1n) is 6.58. The summed E-state index contributed by atoms with van der Waals surface area (Å²) in [5, 5.41) is 0.0175. The Morgan fingerprint density at radius 1 is 1.35 bits per heavy atom. The molecule has 1 atom stereocenters. The fourth-order valence-electron chi connectivity index (χ4n) is 2.23. The summed E-state index contributed by atoms with van der Waals surface area (Å²) in [6.07, 6.45) is 0.470. The lowest BCUT2D eigenvalue weighted by Crippen LogP contribution is -2.33. The molecule has 1 aromatic carbocycles. The molecule has 1 saturated heterocycles. The number of hydrogen-bond donors (Lipinski definition) is 0. The van der Waals surface area contributed by atoms with Gasteiger partial charge in [0.1, 0.15) is 0 Å². The summed E-state index contributed by atoms with van der Waals surface area (Å²) in [5.41, 5.74) is 1.42. The minimum atomic E-state index is -3.09. The van der Waals surface area contributed by atoms with E-state index in [1.54, 1.807) is 24.0 Å². The molecule has 0 N–H and O–H groups in total. The topological polar surface area (TPSA) is 54.5 Å². The molecule has 0 aliphatic carbocycles. The van der Waals surface area contributed by atoms with E-state index in [1.807, 2.05) is 13.0 Å². The van der Waals surface area contributed by atoms with Gasteiger partial charge in [0, 0.05) is 13.1 Å². The molecule has 0 bridgehead atoms. The summed E-state index contributed by atoms with van der Waals surface area (Å²) >= 11 is 6.10.